The third-order valence-corrected chi connectivity index (χ3v) is 5.43. The summed E-state index contributed by atoms with van der Waals surface area (Å²) in [4.78, 5) is 17.9. The SMILES string of the molecule is CO/C(=C\C=C\c1cc2cc(Cl)c(Cl)cc2[nH]1)C(=O)NC1CCN(C)CC1. The average Bonchev–Trinajstić information content (AvgIpc) is 3.02. The number of hydrogen-bond donors (Lipinski definition) is 2. The van der Waals surface area contributed by atoms with E-state index in [0.717, 1.165) is 42.5 Å². The number of nitrogens with zero attached hydrogens (tertiary/aromatic N) is 1. The number of amides is 1. The van der Waals surface area contributed by atoms with Gasteiger partial charge in [-0.25, -0.2) is 0 Å². The lowest BCUT2D eigenvalue weighted by Gasteiger charge is -2.29. The second-order valence-electron chi connectivity index (χ2n) is 6.72. The summed E-state index contributed by atoms with van der Waals surface area (Å²) < 4.78 is 5.25. The van der Waals surface area contributed by atoms with Crippen molar-refractivity contribution in [2.24, 2.45) is 0 Å². The number of carbonyl (C=O) groups is 1. The fourth-order valence-corrected chi connectivity index (χ4v) is 3.46. The molecule has 0 saturated carbocycles. The van der Waals surface area contributed by atoms with Gasteiger partial charge in [0, 0.05) is 22.6 Å². The molecular weight excluding hydrogens is 385 g/mol. The zero-order chi connectivity index (χ0) is 19.4. The molecule has 1 fully saturated rings. The number of aromatic amines is 1. The average molecular weight is 408 g/mol. The molecule has 1 aliphatic rings. The highest BCUT2D eigenvalue weighted by atomic mass is 35.5. The number of aromatic nitrogens is 1. The Hall–Kier alpha value is -1.95. The minimum Gasteiger partial charge on any atom is -0.491 e. The van der Waals surface area contributed by atoms with Crippen LogP contribution >= 0.6 is 23.2 Å². The molecule has 1 aromatic carbocycles. The first-order chi connectivity index (χ1) is 13.0. The van der Waals surface area contributed by atoms with Crippen molar-refractivity contribution in [3.8, 4) is 0 Å². The van der Waals surface area contributed by atoms with Crippen LogP contribution in [0, 0.1) is 0 Å². The first-order valence-electron chi connectivity index (χ1n) is 8.86. The van der Waals surface area contributed by atoms with Crippen LogP contribution in [0.4, 0.5) is 0 Å². The van der Waals surface area contributed by atoms with Crippen LogP contribution in [0.3, 0.4) is 0 Å². The number of allylic oxidation sites excluding steroid dienone is 2. The highest BCUT2D eigenvalue weighted by Crippen LogP contribution is 2.28. The van der Waals surface area contributed by atoms with E-state index in [2.05, 4.69) is 22.2 Å². The van der Waals surface area contributed by atoms with E-state index in [9.17, 15) is 4.79 Å². The van der Waals surface area contributed by atoms with Crippen molar-refractivity contribution in [3.05, 3.63) is 51.8 Å². The number of hydrogen-bond acceptors (Lipinski definition) is 3. The number of ether oxygens (including phenoxy) is 1. The zero-order valence-corrected chi connectivity index (χ0v) is 16.9. The molecule has 0 radical (unpaired) electrons. The third-order valence-electron chi connectivity index (χ3n) is 4.70. The first-order valence-corrected chi connectivity index (χ1v) is 9.61. The molecule has 1 aliphatic heterocycles. The molecule has 5 nitrogen and oxygen atoms in total. The van der Waals surface area contributed by atoms with E-state index in [-0.39, 0.29) is 17.7 Å². The smallest absolute Gasteiger partial charge is 0.286 e. The van der Waals surface area contributed by atoms with Gasteiger partial charge >= 0.3 is 0 Å². The number of fused-ring (bicyclic) bond motifs is 1. The Morgan fingerprint density at radius 1 is 1.26 bits per heavy atom. The van der Waals surface area contributed by atoms with Gasteiger partial charge in [0.25, 0.3) is 5.91 Å². The van der Waals surface area contributed by atoms with Gasteiger partial charge in [-0.1, -0.05) is 29.3 Å². The summed E-state index contributed by atoms with van der Waals surface area (Å²) in [6.45, 7) is 1.98. The van der Waals surface area contributed by atoms with E-state index < -0.39 is 0 Å². The first kappa shape index (κ1) is 19.8. The number of likely N-dealkylation sites (tertiary alicyclic amines) is 1. The largest absolute Gasteiger partial charge is 0.491 e. The predicted octanol–water partition coefficient (Wildman–Crippen LogP) is 4.23. The van der Waals surface area contributed by atoms with E-state index in [1.807, 2.05) is 18.2 Å². The lowest BCUT2D eigenvalue weighted by Crippen LogP contribution is -2.43. The van der Waals surface area contributed by atoms with Gasteiger partial charge in [-0.3, -0.25) is 4.79 Å². The normalized spacial score (nSPS) is 17.0. The maximum absolute atomic E-state index is 12.4. The Balaban J connectivity index is 1.66. The molecule has 7 heteroatoms. The molecule has 1 saturated heterocycles. The van der Waals surface area contributed by atoms with E-state index in [1.165, 1.54) is 7.11 Å². The van der Waals surface area contributed by atoms with Gasteiger partial charge in [-0.2, -0.15) is 0 Å². The number of benzene rings is 1. The van der Waals surface area contributed by atoms with Crippen molar-refractivity contribution in [2.75, 3.05) is 27.2 Å². The third kappa shape index (κ3) is 5.06. The Morgan fingerprint density at radius 3 is 2.67 bits per heavy atom. The topological polar surface area (TPSA) is 57.4 Å². The van der Waals surface area contributed by atoms with Crippen LogP contribution in [0.25, 0.3) is 17.0 Å². The number of rotatable bonds is 5. The summed E-state index contributed by atoms with van der Waals surface area (Å²) in [5.41, 5.74) is 1.78. The van der Waals surface area contributed by atoms with Gasteiger partial charge < -0.3 is 19.9 Å². The van der Waals surface area contributed by atoms with Crippen molar-refractivity contribution < 1.29 is 9.53 Å². The van der Waals surface area contributed by atoms with Crippen LogP contribution in [0.1, 0.15) is 18.5 Å². The van der Waals surface area contributed by atoms with Crippen LogP contribution in [-0.4, -0.2) is 49.1 Å². The van der Waals surface area contributed by atoms with Crippen LogP contribution in [0.5, 0.6) is 0 Å². The second kappa shape index (κ2) is 8.83. The van der Waals surface area contributed by atoms with Crippen LogP contribution in [-0.2, 0) is 9.53 Å². The number of carbonyl (C=O) groups excluding carboxylic acids is 1. The summed E-state index contributed by atoms with van der Waals surface area (Å²) in [5, 5.41) is 5.04. The van der Waals surface area contributed by atoms with Crippen LogP contribution < -0.4 is 5.32 Å². The lowest BCUT2D eigenvalue weighted by atomic mass is 10.1. The van der Waals surface area contributed by atoms with Crippen LogP contribution in [0.15, 0.2) is 36.1 Å². The number of halogens is 2. The molecule has 0 bridgehead atoms. The molecule has 3 rings (SSSR count). The van der Waals surface area contributed by atoms with Gasteiger partial charge in [0.05, 0.1) is 17.2 Å². The molecule has 0 unspecified atom stereocenters. The molecule has 0 aliphatic carbocycles. The standard InChI is InChI=1S/C20H23Cl2N3O2/c1-25-8-6-14(7-9-25)24-20(26)19(27-2)5-3-4-15-10-13-11-16(21)17(22)12-18(13)23-15/h3-5,10-12,14,23H,6-9H2,1-2H3,(H,24,26)/b4-3+,19-5-. The molecule has 0 atom stereocenters. The Morgan fingerprint density at radius 2 is 1.96 bits per heavy atom. The fourth-order valence-electron chi connectivity index (χ4n) is 3.12. The molecule has 1 aromatic heterocycles. The van der Waals surface area contributed by atoms with Crippen LogP contribution in [0.2, 0.25) is 10.0 Å². The fraction of sp³-hybridized carbons (Fsp3) is 0.350. The van der Waals surface area contributed by atoms with Crippen molar-refractivity contribution in [3.63, 3.8) is 0 Å². The quantitative estimate of drug-likeness (QED) is 0.442. The molecule has 2 heterocycles. The zero-order valence-electron chi connectivity index (χ0n) is 15.4. The molecule has 144 valence electrons. The molecule has 0 spiro atoms. The van der Waals surface area contributed by atoms with E-state index >= 15 is 0 Å². The number of nitrogens with one attached hydrogen (secondary N) is 2. The van der Waals surface area contributed by atoms with Gasteiger partial charge in [0.15, 0.2) is 5.76 Å². The lowest BCUT2D eigenvalue weighted by molar-refractivity contribution is -0.121. The summed E-state index contributed by atoms with van der Waals surface area (Å²) in [6, 6.07) is 5.77. The molecule has 1 amide bonds. The highest BCUT2D eigenvalue weighted by molar-refractivity contribution is 6.42. The summed E-state index contributed by atoms with van der Waals surface area (Å²) >= 11 is 12.1. The van der Waals surface area contributed by atoms with E-state index in [4.69, 9.17) is 27.9 Å². The summed E-state index contributed by atoms with van der Waals surface area (Å²) in [6.07, 6.45) is 7.21. The number of H-pyrrole nitrogens is 1. The Kier molecular flexibility index (Phi) is 6.47. The second-order valence-corrected chi connectivity index (χ2v) is 7.54. The number of methoxy groups -OCH3 is 1. The molecule has 2 aromatic rings. The van der Waals surface area contributed by atoms with E-state index in [0.29, 0.717) is 10.0 Å². The number of piperidine rings is 1. The van der Waals surface area contributed by atoms with E-state index in [1.54, 1.807) is 18.2 Å². The monoisotopic (exact) mass is 407 g/mol. The highest BCUT2D eigenvalue weighted by Gasteiger charge is 2.20. The minimum atomic E-state index is -0.188. The summed E-state index contributed by atoms with van der Waals surface area (Å²) in [5.74, 6) is 0.0966. The Labute approximate surface area is 169 Å². The van der Waals surface area contributed by atoms with Gasteiger partial charge in [-0.15, -0.1) is 0 Å². The molecule has 2 N–H and O–H groups in total. The van der Waals surface area contributed by atoms with Gasteiger partial charge in [0.1, 0.15) is 0 Å². The predicted molar refractivity (Wildman–Crippen MR) is 111 cm³/mol. The molecular formula is C20H23Cl2N3O2. The minimum absolute atomic E-state index is 0.188. The van der Waals surface area contributed by atoms with Crippen molar-refractivity contribution in [1.82, 2.24) is 15.2 Å². The maximum atomic E-state index is 12.4. The molecule has 27 heavy (non-hydrogen) atoms. The summed E-state index contributed by atoms with van der Waals surface area (Å²) in [7, 11) is 3.59. The van der Waals surface area contributed by atoms with Crippen molar-refractivity contribution >= 4 is 46.1 Å². The van der Waals surface area contributed by atoms with Crippen molar-refractivity contribution in [1.29, 1.82) is 0 Å². The maximum Gasteiger partial charge on any atom is 0.286 e. The van der Waals surface area contributed by atoms with Crippen molar-refractivity contribution in [2.45, 2.75) is 18.9 Å². The van der Waals surface area contributed by atoms with Gasteiger partial charge in [0.2, 0.25) is 0 Å². The van der Waals surface area contributed by atoms with Gasteiger partial charge in [-0.05, 0) is 63.3 Å². The Bertz CT molecular complexity index is 842.